The summed E-state index contributed by atoms with van der Waals surface area (Å²) >= 11 is 7.25. The molecule has 0 aliphatic heterocycles. The quantitative estimate of drug-likeness (QED) is 0.899. The van der Waals surface area contributed by atoms with Crippen LogP contribution < -0.4 is 10.6 Å². The van der Waals surface area contributed by atoms with Crippen LogP contribution in [-0.2, 0) is 0 Å². The average molecular weight is 268 g/mol. The molecule has 0 radical (unpaired) electrons. The number of rotatable bonds is 3. The first-order valence-corrected chi connectivity index (χ1v) is 6.14. The highest BCUT2D eigenvalue weighted by Gasteiger charge is 2.12. The van der Waals surface area contributed by atoms with Crippen molar-refractivity contribution in [1.82, 2.24) is 4.98 Å². The molecule has 6 heteroatoms. The molecular weight excluding hydrogens is 258 g/mol. The van der Waals surface area contributed by atoms with Crippen molar-refractivity contribution in [3.8, 4) is 0 Å². The number of carbonyl (C=O) groups is 1. The highest BCUT2D eigenvalue weighted by Crippen LogP contribution is 2.22. The molecule has 0 bridgehead atoms. The van der Waals surface area contributed by atoms with Crippen molar-refractivity contribution in [2.75, 3.05) is 17.7 Å². The lowest BCUT2D eigenvalue weighted by molar-refractivity contribution is 0.102. The number of aromatic nitrogens is 1. The van der Waals surface area contributed by atoms with E-state index in [-0.39, 0.29) is 5.91 Å². The van der Waals surface area contributed by atoms with E-state index in [2.05, 4.69) is 15.6 Å². The van der Waals surface area contributed by atoms with Gasteiger partial charge in [0.2, 0.25) is 0 Å². The Balaban J connectivity index is 2.26. The standard InChI is InChI=1S/C11H10ClN3OS/c1-13-9-3-2-7(12)6-8(9)10(16)15-11-14-4-5-17-11/h2-6,13H,1H3,(H,14,15,16). The molecule has 0 fully saturated rings. The summed E-state index contributed by atoms with van der Waals surface area (Å²) < 4.78 is 0. The van der Waals surface area contributed by atoms with Crippen LogP contribution in [0.1, 0.15) is 10.4 Å². The van der Waals surface area contributed by atoms with Gasteiger partial charge in [0, 0.05) is 29.3 Å². The number of thiazole rings is 1. The summed E-state index contributed by atoms with van der Waals surface area (Å²) in [5.41, 5.74) is 1.22. The third-order valence-electron chi connectivity index (χ3n) is 2.15. The maximum atomic E-state index is 12.0. The van der Waals surface area contributed by atoms with Gasteiger partial charge in [-0.3, -0.25) is 10.1 Å². The van der Waals surface area contributed by atoms with E-state index in [1.54, 1.807) is 36.8 Å². The van der Waals surface area contributed by atoms with Gasteiger partial charge in [-0.15, -0.1) is 11.3 Å². The first kappa shape index (κ1) is 11.9. The molecule has 17 heavy (non-hydrogen) atoms. The smallest absolute Gasteiger partial charge is 0.259 e. The predicted octanol–water partition coefficient (Wildman–Crippen LogP) is 3.09. The summed E-state index contributed by atoms with van der Waals surface area (Å²) in [6.45, 7) is 0. The van der Waals surface area contributed by atoms with E-state index in [9.17, 15) is 4.79 Å². The van der Waals surface area contributed by atoms with E-state index in [0.29, 0.717) is 15.7 Å². The second-order valence-corrected chi connectivity index (χ2v) is 4.56. The SMILES string of the molecule is CNc1ccc(Cl)cc1C(=O)Nc1nccs1. The van der Waals surface area contributed by atoms with E-state index >= 15 is 0 Å². The summed E-state index contributed by atoms with van der Waals surface area (Å²) in [6.07, 6.45) is 1.64. The van der Waals surface area contributed by atoms with Crippen molar-refractivity contribution < 1.29 is 4.79 Å². The average Bonchev–Trinajstić information content (AvgIpc) is 2.81. The van der Waals surface area contributed by atoms with Gasteiger partial charge in [-0.1, -0.05) is 11.6 Å². The molecule has 1 aromatic heterocycles. The van der Waals surface area contributed by atoms with Gasteiger partial charge in [-0.2, -0.15) is 0 Å². The minimum Gasteiger partial charge on any atom is -0.387 e. The molecule has 0 saturated carbocycles. The fraction of sp³-hybridized carbons (Fsp3) is 0.0909. The third-order valence-corrected chi connectivity index (χ3v) is 3.07. The van der Waals surface area contributed by atoms with Crippen molar-refractivity contribution >= 4 is 39.7 Å². The molecule has 1 heterocycles. The zero-order valence-electron chi connectivity index (χ0n) is 9.03. The Bertz CT molecular complexity index is 528. The highest BCUT2D eigenvalue weighted by atomic mass is 35.5. The Morgan fingerprint density at radius 1 is 1.47 bits per heavy atom. The number of nitrogens with one attached hydrogen (secondary N) is 2. The number of amides is 1. The molecule has 0 unspecified atom stereocenters. The van der Waals surface area contributed by atoms with Crippen LogP contribution in [0.25, 0.3) is 0 Å². The molecule has 1 aromatic carbocycles. The van der Waals surface area contributed by atoms with Crippen LogP contribution in [0.5, 0.6) is 0 Å². The van der Waals surface area contributed by atoms with Gasteiger partial charge < -0.3 is 5.32 Å². The van der Waals surface area contributed by atoms with Gasteiger partial charge >= 0.3 is 0 Å². The van der Waals surface area contributed by atoms with Crippen LogP contribution in [0.15, 0.2) is 29.8 Å². The maximum absolute atomic E-state index is 12.0. The van der Waals surface area contributed by atoms with E-state index in [1.807, 2.05) is 0 Å². The lowest BCUT2D eigenvalue weighted by Gasteiger charge is -2.08. The molecular formula is C11H10ClN3OS. The first-order chi connectivity index (χ1) is 8.20. The van der Waals surface area contributed by atoms with E-state index < -0.39 is 0 Å². The van der Waals surface area contributed by atoms with E-state index in [4.69, 9.17) is 11.6 Å². The topological polar surface area (TPSA) is 54.0 Å². The minimum absolute atomic E-state index is 0.230. The van der Waals surface area contributed by atoms with E-state index in [0.717, 1.165) is 5.69 Å². The molecule has 0 atom stereocenters. The Hall–Kier alpha value is -1.59. The van der Waals surface area contributed by atoms with Crippen LogP contribution in [-0.4, -0.2) is 17.9 Å². The Labute approximate surface area is 108 Å². The number of hydrogen-bond donors (Lipinski definition) is 2. The van der Waals surface area contributed by atoms with Gasteiger partial charge in [-0.25, -0.2) is 4.98 Å². The summed E-state index contributed by atoms with van der Waals surface area (Å²) in [4.78, 5) is 16.0. The maximum Gasteiger partial charge on any atom is 0.259 e. The van der Waals surface area contributed by atoms with Crippen molar-refractivity contribution in [2.45, 2.75) is 0 Å². The van der Waals surface area contributed by atoms with Crippen molar-refractivity contribution in [3.05, 3.63) is 40.4 Å². The number of halogens is 1. The fourth-order valence-corrected chi connectivity index (χ4v) is 2.07. The second-order valence-electron chi connectivity index (χ2n) is 3.23. The molecule has 0 spiro atoms. The molecule has 88 valence electrons. The number of benzene rings is 1. The summed E-state index contributed by atoms with van der Waals surface area (Å²) in [5.74, 6) is -0.230. The molecule has 2 rings (SSSR count). The lowest BCUT2D eigenvalue weighted by Crippen LogP contribution is -2.13. The monoisotopic (exact) mass is 267 g/mol. The molecule has 0 aliphatic rings. The zero-order chi connectivity index (χ0) is 12.3. The Morgan fingerprint density at radius 3 is 2.94 bits per heavy atom. The van der Waals surface area contributed by atoms with Crippen LogP contribution in [0.2, 0.25) is 5.02 Å². The van der Waals surface area contributed by atoms with Crippen LogP contribution in [0.4, 0.5) is 10.8 Å². The predicted molar refractivity (Wildman–Crippen MR) is 71.1 cm³/mol. The first-order valence-electron chi connectivity index (χ1n) is 4.89. The molecule has 2 N–H and O–H groups in total. The van der Waals surface area contributed by atoms with Gasteiger partial charge in [-0.05, 0) is 18.2 Å². The fourth-order valence-electron chi connectivity index (χ4n) is 1.37. The van der Waals surface area contributed by atoms with Crippen LogP contribution in [0.3, 0.4) is 0 Å². The summed E-state index contributed by atoms with van der Waals surface area (Å²) in [7, 11) is 1.75. The molecule has 4 nitrogen and oxygen atoms in total. The van der Waals surface area contributed by atoms with Gasteiger partial charge in [0.25, 0.3) is 5.91 Å². The largest absolute Gasteiger partial charge is 0.387 e. The molecule has 0 saturated heterocycles. The number of anilines is 2. The van der Waals surface area contributed by atoms with Crippen LogP contribution in [0, 0.1) is 0 Å². The third kappa shape index (κ3) is 2.75. The number of carbonyl (C=O) groups excluding carboxylic acids is 1. The number of hydrogen-bond acceptors (Lipinski definition) is 4. The van der Waals surface area contributed by atoms with Crippen LogP contribution >= 0.6 is 22.9 Å². The van der Waals surface area contributed by atoms with E-state index in [1.165, 1.54) is 11.3 Å². The second kappa shape index (κ2) is 5.16. The van der Waals surface area contributed by atoms with Crippen molar-refractivity contribution in [1.29, 1.82) is 0 Å². The molecule has 2 aromatic rings. The molecule has 0 aliphatic carbocycles. The van der Waals surface area contributed by atoms with Crippen molar-refractivity contribution in [2.24, 2.45) is 0 Å². The normalized spacial score (nSPS) is 10.0. The zero-order valence-corrected chi connectivity index (χ0v) is 10.6. The highest BCUT2D eigenvalue weighted by molar-refractivity contribution is 7.13. The van der Waals surface area contributed by atoms with Gasteiger partial charge in [0.15, 0.2) is 5.13 Å². The Kier molecular flexibility index (Phi) is 3.61. The minimum atomic E-state index is -0.230. The summed E-state index contributed by atoms with van der Waals surface area (Å²) in [5, 5.41) is 8.54. The molecule has 1 amide bonds. The summed E-state index contributed by atoms with van der Waals surface area (Å²) in [6, 6.07) is 5.11. The lowest BCUT2D eigenvalue weighted by atomic mass is 10.1. The van der Waals surface area contributed by atoms with Crippen molar-refractivity contribution in [3.63, 3.8) is 0 Å². The Morgan fingerprint density at radius 2 is 2.29 bits per heavy atom. The van der Waals surface area contributed by atoms with Gasteiger partial charge in [0.05, 0.1) is 5.56 Å². The number of nitrogens with zero attached hydrogens (tertiary/aromatic N) is 1. The van der Waals surface area contributed by atoms with Gasteiger partial charge in [0.1, 0.15) is 0 Å².